The lowest BCUT2D eigenvalue weighted by Gasteiger charge is -2.11. The van der Waals surface area contributed by atoms with Gasteiger partial charge in [-0.3, -0.25) is 4.79 Å². The number of benzene rings is 2. The van der Waals surface area contributed by atoms with E-state index < -0.39 is 0 Å². The van der Waals surface area contributed by atoms with Crippen LogP contribution < -0.4 is 11.1 Å². The molecule has 0 unspecified atom stereocenters. The van der Waals surface area contributed by atoms with E-state index in [4.69, 9.17) is 16.3 Å². The number of nitrogens with two attached hydrogens (primary N) is 1. The molecule has 0 aliphatic heterocycles. The molecule has 0 fully saturated rings. The summed E-state index contributed by atoms with van der Waals surface area (Å²) in [5.74, 6) is -0.227. The average molecular weight is 314 g/mol. The van der Waals surface area contributed by atoms with Crippen molar-refractivity contribution in [2.45, 2.75) is 0 Å². The van der Waals surface area contributed by atoms with Crippen LogP contribution in [-0.4, -0.2) is 5.78 Å². The Kier molecular flexibility index (Phi) is 5.50. The maximum atomic E-state index is 12.4. The molecule has 0 saturated heterocycles. The Morgan fingerprint density at radius 2 is 1.46 bits per heavy atom. The first-order chi connectivity index (χ1) is 11.7. The van der Waals surface area contributed by atoms with Crippen molar-refractivity contribution < 1.29 is 4.79 Å². The molecule has 0 saturated carbocycles. The molecule has 2 aromatic rings. The lowest BCUT2D eigenvalue weighted by molar-refractivity contribution is 0.104. The van der Waals surface area contributed by atoms with Gasteiger partial charge in [-0.2, -0.15) is 10.5 Å². The first-order valence-electron chi connectivity index (χ1n) is 7.09. The van der Waals surface area contributed by atoms with Crippen LogP contribution in [0.2, 0.25) is 0 Å². The Labute approximate surface area is 140 Å². The molecular weight excluding hydrogens is 300 g/mol. The fourth-order valence-corrected chi connectivity index (χ4v) is 1.97. The first-order valence-corrected chi connectivity index (χ1v) is 7.09. The van der Waals surface area contributed by atoms with E-state index in [2.05, 4.69) is 5.32 Å². The van der Waals surface area contributed by atoms with E-state index in [-0.39, 0.29) is 17.2 Å². The fraction of sp³-hybridized carbons (Fsp3) is 0. The summed E-state index contributed by atoms with van der Waals surface area (Å²) in [5.41, 5.74) is 6.77. The molecule has 0 aromatic heterocycles. The quantitative estimate of drug-likeness (QED) is 0.502. The second-order valence-corrected chi connectivity index (χ2v) is 4.79. The monoisotopic (exact) mass is 314 g/mol. The van der Waals surface area contributed by atoms with Crippen molar-refractivity contribution >= 4 is 11.5 Å². The summed E-state index contributed by atoms with van der Waals surface area (Å²) in [6.07, 6.45) is 1.38. The molecule has 5 nitrogen and oxygen atoms in total. The smallest absolute Gasteiger partial charge is 0.187 e. The van der Waals surface area contributed by atoms with E-state index in [0.717, 1.165) is 0 Å². The van der Waals surface area contributed by atoms with Crippen molar-refractivity contribution in [3.63, 3.8) is 0 Å². The van der Waals surface area contributed by atoms with Gasteiger partial charge in [0.1, 0.15) is 17.8 Å². The Morgan fingerprint density at radius 1 is 0.917 bits per heavy atom. The number of hydrogen-bond donors (Lipinski definition) is 2. The topological polar surface area (TPSA) is 103 Å². The second-order valence-electron chi connectivity index (χ2n) is 4.79. The number of nitrogens with zero attached hydrogens (tertiary/aromatic N) is 2. The number of carbonyl (C=O) groups is 1. The number of nitriles is 2. The van der Waals surface area contributed by atoms with Gasteiger partial charge in [0.05, 0.1) is 5.70 Å². The molecule has 2 aromatic carbocycles. The van der Waals surface area contributed by atoms with Crippen LogP contribution in [-0.2, 0) is 0 Å². The second kappa shape index (κ2) is 7.98. The lowest BCUT2D eigenvalue weighted by Crippen LogP contribution is -2.17. The van der Waals surface area contributed by atoms with Crippen LogP contribution in [0.1, 0.15) is 15.9 Å². The average Bonchev–Trinajstić information content (AvgIpc) is 2.65. The maximum absolute atomic E-state index is 12.4. The Morgan fingerprint density at radius 3 is 1.96 bits per heavy atom. The van der Waals surface area contributed by atoms with Crippen molar-refractivity contribution in [2.24, 2.45) is 5.73 Å². The Bertz CT molecular complexity index is 869. The molecule has 0 aliphatic rings. The van der Waals surface area contributed by atoms with Crippen LogP contribution in [0.5, 0.6) is 0 Å². The highest BCUT2D eigenvalue weighted by Crippen LogP contribution is 2.15. The van der Waals surface area contributed by atoms with E-state index in [0.29, 0.717) is 16.8 Å². The van der Waals surface area contributed by atoms with Gasteiger partial charge in [0.25, 0.3) is 0 Å². The molecule has 24 heavy (non-hydrogen) atoms. The van der Waals surface area contributed by atoms with Gasteiger partial charge in [0, 0.05) is 11.6 Å². The largest absolute Gasteiger partial charge is 0.388 e. The number of carbonyl (C=O) groups excluding carboxylic acids is 1. The van der Waals surface area contributed by atoms with Gasteiger partial charge >= 0.3 is 0 Å². The SMILES string of the molecule is N#CC(N)=C(C#N)NC(=CC(=O)c1ccccc1)c1ccccc1. The van der Waals surface area contributed by atoms with Crippen molar-refractivity contribution in [2.75, 3.05) is 0 Å². The van der Waals surface area contributed by atoms with E-state index in [9.17, 15) is 4.79 Å². The van der Waals surface area contributed by atoms with E-state index >= 15 is 0 Å². The van der Waals surface area contributed by atoms with Gasteiger partial charge in [0.15, 0.2) is 11.5 Å². The van der Waals surface area contributed by atoms with Gasteiger partial charge in [-0.15, -0.1) is 0 Å². The third-order valence-corrected chi connectivity index (χ3v) is 3.18. The molecule has 0 aliphatic carbocycles. The number of nitrogens with one attached hydrogen (secondary N) is 1. The predicted octanol–water partition coefficient (Wildman–Crippen LogP) is 2.72. The third-order valence-electron chi connectivity index (χ3n) is 3.18. The van der Waals surface area contributed by atoms with Crippen LogP contribution in [0.25, 0.3) is 5.70 Å². The summed E-state index contributed by atoms with van der Waals surface area (Å²) in [7, 11) is 0. The number of hydrogen-bond acceptors (Lipinski definition) is 5. The number of ketones is 1. The summed E-state index contributed by atoms with van der Waals surface area (Å²) in [6, 6.07) is 21.3. The van der Waals surface area contributed by atoms with Gasteiger partial charge < -0.3 is 11.1 Å². The zero-order valence-corrected chi connectivity index (χ0v) is 12.7. The zero-order valence-electron chi connectivity index (χ0n) is 12.7. The number of rotatable bonds is 5. The molecule has 3 N–H and O–H groups in total. The highest BCUT2D eigenvalue weighted by atomic mass is 16.1. The highest BCUT2D eigenvalue weighted by Gasteiger charge is 2.10. The predicted molar refractivity (Wildman–Crippen MR) is 90.8 cm³/mol. The van der Waals surface area contributed by atoms with Crippen molar-refractivity contribution in [3.8, 4) is 12.1 Å². The van der Waals surface area contributed by atoms with Crippen LogP contribution in [0.3, 0.4) is 0 Å². The normalized spacial score (nSPS) is 11.7. The van der Waals surface area contributed by atoms with E-state index in [1.54, 1.807) is 54.6 Å². The van der Waals surface area contributed by atoms with Crippen molar-refractivity contribution in [1.29, 1.82) is 10.5 Å². The van der Waals surface area contributed by atoms with Crippen LogP contribution in [0, 0.1) is 22.7 Å². The van der Waals surface area contributed by atoms with Crippen molar-refractivity contribution in [3.05, 3.63) is 89.3 Å². The third kappa shape index (κ3) is 4.09. The molecule has 0 bridgehead atoms. The van der Waals surface area contributed by atoms with E-state index in [1.807, 2.05) is 18.2 Å². The van der Waals surface area contributed by atoms with Gasteiger partial charge in [-0.1, -0.05) is 60.7 Å². The molecule has 116 valence electrons. The molecule has 2 rings (SSSR count). The lowest BCUT2D eigenvalue weighted by atomic mass is 10.1. The summed E-state index contributed by atoms with van der Waals surface area (Å²) < 4.78 is 0. The molecule has 0 radical (unpaired) electrons. The zero-order chi connectivity index (χ0) is 17.4. The van der Waals surface area contributed by atoms with Crippen molar-refractivity contribution in [1.82, 2.24) is 5.32 Å². The molecule has 5 heteroatoms. The molecule has 0 spiro atoms. The highest BCUT2D eigenvalue weighted by molar-refractivity contribution is 6.08. The molecule has 0 heterocycles. The molecule has 0 amide bonds. The minimum absolute atomic E-state index is 0.103. The first kappa shape index (κ1) is 16.5. The molecular formula is C19H14N4O. The Balaban J connectivity index is 2.45. The Hall–Kier alpha value is -3.83. The summed E-state index contributed by atoms with van der Waals surface area (Å²) in [5, 5.41) is 20.8. The minimum atomic E-state index is -0.244. The summed E-state index contributed by atoms with van der Waals surface area (Å²) in [6.45, 7) is 0. The van der Waals surface area contributed by atoms with Gasteiger partial charge in [-0.05, 0) is 5.56 Å². The molecule has 0 atom stereocenters. The van der Waals surface area contributed by atoms with E-state index in [1.165, 1.54) is 6.08 Å². The van der Waals surface area contributed by atoms with Gasteiger partial charge in [0.2, 0.25) is 0 Å². The minimum Gasteiger partial charge on any atom is -0.388 e. The van der Waals surface area contributed by atoms with Crippen LogP contribution >= 0.6 is 0 Å². The summed E-state index contributed by atoms with van der Waals surface area (Å²) >= 11 is 0. The maximum Gasteiger partial charge on any atom is 0.187 e. The van der Waals surface area contributed by atoms with Gasteiger partial charge in [-0.25, -0.2) is 0 Å². The van der Waals surface area contributed by atoms with Crippen LogP contribution in [0.4, 0.5) is 0 Å². The number of allylic oxidation sites excluding steroid dienone is 3. The van der Waals surface area contributed by atoms with Crippen LogP contribution in [0.15, 0.2) is 78.1 Å². The summed E-state index contributed by atoms with van der Waals surface area (Å²) in [4.78, 5) is 12.4. The fourth-order valence-electron chi connectivity index (χ4n) is 1.97. The standard InChI is InChI=1S/C19H14N4O/c20-12-16(22)18(13-21)23-17(14-7-3-1-4-8-14)11-19(24)15-9-5-2-6-10-15/h1-11,23H,22H2.